The molecule has 2 atom stereocenters. The van der Waals surface area contributed by atoms with Crippen LogP contribution in [-0.2, 0) is 16.6 Å². The van der Waals surface area contributed by atoms with Crippen molar-refractivity contribution in [2.24, 2.45) is 13.0 Å². The summed E-state index contributed by atoms with van der Waals surface area (Å²) in [5.74, 6) is 1.55. The van der Waals surface area contributed by atoms with Crippen LogP contribution in [0.5, 0.6) is 0 Å². The Kier molecular flexibility index (Phi) is 6.65. The summed E-state index contributed by atoms with van der Waals surface area (Å²) >= 11 is 0. The molecule has 3 N–H and O–H groups in total. The van der Waals surface area contributed by atoms with E-state index in [0.717, 1.165) is 25.3 Å². The first-order chi connectivity index (χ1) is 13.0. The Hall–Kier alpha value is -2.16. The number of nitrogens with one attached hydrogen (secondary N) is 3. The predicted molar refractivity (Wildman–Crippen MR) is 102 cm³/mol. The van der Waals surface area contributed by atoms with E-state index in [1.54, 1.807) is 11.6 Å². The van der Waals surface area contributed by atoms with Gasteiger partial charge in [0.05, 0.1) is 0 Å². The highest BCUT2D eigenvalue weighted by molar-refractivity contribution is 5.76. The number of hydrogen-bond acceptors (Lipinski definition) is 6. The van der Waals surface area contributed by atoms with E-state index in [4.69, 9.17) is 0 Å². The molecule has 2 aliphatic rings. The minimum Gasteiger partial charge on any atom is -0.355 e. The van der Waals surface area contributed by atoms with Crippen molar-refractivity contribution in [1.82, 2.24) is 30.3 Å². The third-order valence-corrected chi connectivity index (χ3v) is 5.39. The minimum absolute atomic E-state index is 0.0120. The lowest BCUT2D eigenvalue weighted by Crippen LogP contribution is -2.45. The topological polar surface area (TPSA) is 104 Å². The molecule has 1 aliphatic heterocycles. The van der Waals surface area contributed by atoms with Crippen LogP contribution in [0, 0.1) is 5.92 Å². The minimum atomic E-state index is 0.0120. The summed E-state index contributed by atoms with van der Waals surface area (Å²) in [6.45, 7) is 4.45. The van der Waals surface area contributed by atoms with Crippen LogP contribution in [-0.4, -0.2) is 69.7 Å². The fourth-order valence-electron chi connectivity index (χ4n) is 3.73. The number of aromatic nitrogens is 3. The lowest BCUT2D eigenvalue weighted by Gasteiger charge is -2.30. The average molecular weight is 377 g/mol. The monoisotopic (exact) mass is 377 g/mol. The number of hydrogen-bond donors (Lipinski definition) is 3. The average Bonchev–Trinajstić information content (AvgIpc) is 3.24. The largest absolute Gasteiger partial charge is 0.355 e. The van der Waals surface area contributed by atoms with E-state index >= 15 is 0 Å². The third kappa shape index (κ3) is 5.92. The molecule has 0 spiro atoms. The molecule has 0 aromatic carbocycles. The second-order valence-electron chi connectivity index (χ2n) is 7.65. The Morgan fingerprint density at radius 3 is 2.59 bits per heavy atom. The Labute approximate surface area is 160 Å². The van der Waals surface area contributed by atoms with E-state index < -0.39 is 0 Å². The first-order valence-corrected chi connectivity index (χ1v) is 9.87. The van der Waals surface area contributed by atoms with Gasteiger partial charge in [0.2, 0.25) is 17.8 Å². The van der Waals surface area contributed by atoms with Crippen molar-refractivity contribution in [2.45, 2.75) is 51.1 Å². The van der Waals surface area contributed by atoms with Gasteiger partial charge in [-0.1, -0.05) is 0 Å². The summed E-state index contributed by atoms with van der Waals surface area (Å²) in [7, 11) is 1.82. The maximum absolute atomic E-state index is 12.4. The van der Waals surface area contributed by atoms with Gasteiger partial charge in [-0.25, -0.2) is 4.68 Å². The molecule has 1 aliphatic carbocycles. The molecule has 0 unspecified atom stereocenters. The Balaban J connectivity index is 1.41. The summed E-state index contributed by atoms with van der Waals surface area (Å²) in [6.07, 6.45) is 6.65. The molecule has 1 saturated carbocycles. The van der Waals surface area contributed by atoms with E-state index in [0.29, 0.717) is 38.0 Å². The number of nitrogens with zero attached hydrogens (tertiary/aromatic N) is 4. The summed E-state index contributed by atoms with van der Waals surface area (Å²) in [5, 5.41) is 13.1. The van der Waals surface area contributed by atoms with Crippen LogP contribution in [0.4, 0.5) is 5.95 Å². The van der Waals surface area contributed by atoms with Gasteiger partial charge in [0, 0.05) is 58.7 Å². The molecule has 2 fully saturated rings. The maximum Gasteiger partial charge on any atom is 0.221 e. The van der Waals surface area contributed by atoms with Crippen molar-refractivity contribution >= 4 is 17.8 Å². The quantitative estimate of drug-likeness (QED) is 0.500. The molecular weight excluding hydrogens is 346 g/mol. The molecule has 1 aromatic heterocycles. The Morgan fingerprint density at radius 1 is 1.15 bits per heavy atom. The highest BCUT2D eigenvalue weighted by atomic mass is 16.2. The molecule has 9 nitrogen and oxygen atoms in total. The zero-order chi connectivity index (χ0) is 19.2. The first-order valence-electron chi connectivity index (χ1n) is 9.87. The standard InChI is InChI=1S/C18H31N7O2/c1-13(26)21-10-16-6-5-15(25(16)11-14-3-4-14)9-17(27)19-7-8-20-18-22-12-23-24(18)2/h12,14-16H,3-11H2,1-2H3,(H,19,27)(H,21,26)(H,20,22,23)/t15-,16+/m0/s1. The van der Waals surface area contributed by atoms with Crippen LogP contribution in [0.15, 0.2) is 6.33 Å². The number of anilines is 1. The number of likely N-dealkylation sites (tertiary alicyclic amines) is 1. The fourth-order valence-corrected chi connectivity index (χ4v) is 3.73. The zero-order valence-electron chi connectivity index (χ0n) is 16.3. The Bertz CT molecular complexity index is 643. The molecule has 150 valence electrons. The van der Waals surface area contributed by atoms with E-state index in [2.05, 4.69) is 30.9 Å². The van der Waals surface area contributed by atoms with Gasteiger partial charge >= 0.3 is 0 Å². The summed E-state index contributed by atoms with van der Waals surface area (Å²) in [4.78, 5) is 30.2. The van der Waals surface area contributed by atoms with E-state index in [1.807, 2.05) is 7.05 Å². The van der Waals surface area contributed by atoms with Gasteiger partial charge < -0.3 is 16.0 Å². The van der Waals surface area contributed by atoms with Gasteiger partial charge in [0.25, 0.3) is 0 Å². The zero-order valence-corrected chi connectivity index (χ0v) is 16.3. The molecule has 1 saturated heterocycles. The summed E-state index contributed by atoms with van der Waals surface area (Å²) in [6, 6.07) is 0.626. The Morgan fingerprint density at radius 2 is 1.93 bits per heavy atom. The normalized spacial score (nSPS) is 22.6. The van der Waals surface area contributed by atoms with Gasteiger partial charge in [-0.15, -0.1) is 0 Å². The molecule has 9 heteroatoms. The first kappa shape index (κ1) is 19.6. The molecule has 1 aromatic rings. The second kappa shape index (κ2) is 9.16. The van der Waals surface area contributed by atoms with E-state index in [1.165, 1.54) is 19.2 Å². The molecule has 0 bridgehead atoms. The van der Waals surface area contributed by atoms with E-state index in [9.17, 15) is 9.59 Å². The highest BCUT2D eigenvalue weighted by Gasteiger charge is 2.37. The summed E-state index contributed by atoms with van der Waals surface area (Å²) in [5.41, 5.74) is 0. The molecule has 2 heterocycles. The smallest absolute Gasteiger partial charge is 0.221 e. The van der Waals surface area contributed by atoms with Crippen molar-refractivity contribution in [3.8, 4) is 0 Å². The summed E-state index contributed by atoms with van der Waals surface area (Å²) < 4.78 is 1.66. The van der Waals surface area contributed by atoms with Crippen LogP contribution in [0.25, 0.3) is 0 Å². The van der Waals surface area contributed by atoms with Crippen LogP contribution in [0.1, 0.15) is 39.0 Å². The number of aryl methyl sites for hydroxylation is 1. The van der Waals surface area contributed by atoms with Crippen molar-refractivity contribution in [3.63, 3.8) is 0 Å². The van der Waals surface area contributed by atoms with Crippen molar-refractivity contribution in [1.29, 1.82) is 0 Å². The number of carbonyl (C=O) groups excluding carboxylic acids is 2. The molecule has 27 heavy (non-hydrogen) atoms. The lowest BCUT2D eigenvalue weighted by atomic mass is 10.1. The van der Waals surface area contributed by atoms with E-state index in [-0.39, 0.29) is 17.9 Å². The molecule has 2 amide bonds. The molecule has 3 rings (SSSR count). The van der Waals surface area contributed by atoms with Crippen LogP contribution >= 0.6 is 0 Å². The molecular formula is C18H31N7O2. The molecule has 0 radical (unpaired) electrons. The van der Waals surface area contributed by atoms with Gasteiger partial charge in [0.15, 0.2) is 0 Å². The highest BCUT2D eigenvalue weighted by Crippen LogP contribution is 2.35. The fraction of sp³-hybridized carbons (Fsp3) is 0.778. The van der Waals surface area contributed by atoms with Crippen molar-refractivity contribution in [3.05, 3.63) is 6.33 Å². The van der Waals surface area contributed by atoms with Crippen molar-refractivity contribution < 1.29 is 9.59 Å². The van der Waals surface area contributed by atoms with Gasteiger partial charge in [-0.05, 0) is 31.6 Å². The van der Waals surface area contributed by atoms with Crippen LogP contribution in [0.3, 0.4) is 0 Å². The number of carbonyl (C=O) groups is 2. The van der Waals surface area contributed by atoms with Gasteiger partial charge in [0.1, 0.15) is 6.33 Å². The van der Waals surface area contributed by atoms with Crippen molar-refractivity contribution in [2.75, 3.05) is 31.5 Å². The second-order valence-corrected chi connectivity index (χ2v) is 7.65. The third-order valence-electron chi connectivity index (χ3n) is 5.39. The number of rotatable bonds is 10. The SMILES string of the molecule is CC(=O)NC[C@H]1CC[C@@H](CC(=O)NCCNc2ncnn2C)N1CC1CC1. The van der Waals surface area contributed by atoms with Crippen LogP contribution in [0.2, 0.25) is 0 Å². The predicted octanol–water partition coefficient (Wildman–Crippen LogP) is 0.112. The van der Waals surface area contributed by atoms with Crippen LogP contribution < -0.4 is 16.0 Å². The van der Waals surface area contributed by atoms with Gasteiger partial charge in [-0.2, -0.15) is 10.1 Å². The lowest BCUT2D eigenvalue weighted by molar-refractivity contribution is -0.122. The number of amides is 2. The maximum atomic E-state index is 12.4. The van der Waals surface area contributed by atoms with Gasteiger partial charge in [-0.3, -0.25) is 14.5 Å².